The van der Waals surface area contributed by atoms with Crippen LogP contribution in [0.1, 0.15) is 26.3 Å². The van der Waals surface area contributed by atoms with Crippen molar-refractivity contribution < 1.29 is 9.90 Å². The van der Waals surface area contributed by atoms with E-state index >= 15 is 0 Å². The van der Waals surface area contributed by atoms with Crippen molar-refractivity contribution in [1.82, 2.24) is 0 Å². The highest BCUT2D eigenvalue weighted by Crippen LogP contribution is 2.18. The predicted octanol–water partition coefficient (Wildman–Crippen LogP) is 2.38. The quantitative estimate of drug-likeness (QED) is 0.757. The van der Waals surface area contributed by atoms with Crippen molar-refractivity contribution in [1.29, 1.82) is 0 Å². The number of rotatable bonds is 3. The van der Waals surface area contributed by atoms with E-state index in [0.29, 0.717) is 5.69 Å². The maximum absolute atomic E-state index is 11.2. The number of hydrogen-bond donors (Lipinski definition) is 3. The Morgan fingerprint density at radius 2 is 1.76 bits per heavy atom. The van der Waals surface area contributed by atoms with Crippen molar-refractivity contribution in [3.8, 4) is 0 Å². The number of anilines is 2. The second-order valence-electron chi connectivity index (χ2n) is 3.50. The van der Waals surface area contributed by atoms with E-state index in [9.17, 15) is 4.79 Å². The van der Waals surface area contributed by atoms with Crippen molar-refractivity contribution in [3.63, 3.8) is 0 Å². The van der Waals surface area contributed by atoms with Crippen LogP contribution in [0.5, 0.6) is 0 Å². The van der Waals surface area contributed by atoms with Crippen LogP contribution < -0.4 is 10.6 Å². The fourth-order valence-electron chi connectivity index (χ4n) is 1.25. The summed E-state index contributed by atoms with van der Waals surface area (Å²) in [6.07, 6.45) is -0.997. The van der Waals surface area contributed by atoms with Crippen LogP contribution in [0.25, 0.3) is 0 Å². The maximum atomic E-state index is 11.2. The largest absolute Gasteiger partial charge is 0.388 e. The summed E-state index contributed by atoms with van der Waals surface area (Å²) < 4.78 is 0. The minimum absolute atomic E-state index is 0.400. The van der Waals surface area contributed by atoms with Crippen LogP contribution in [0, 0.1) is 6.92 Å². The second kappa shape index (κ2) is 7.68. The lowest BCUT2D eigenvalue weighted by atomic mass is 10.2. The number of nitrogens with one attached hydrogen (secondary N) is 2. The van der Waals surface area contributed by atoms with Gasteiger partial charge in [0.15, 0.2) is 0 Å². The first-order valence-electron chi connectivity index (χ1n) is 5.81. The molecule has 1 atom stereocenters. The van der Waals surface area contributed by atoms with Gasteiger partial charge in [-0.25, -0.2) is 0 Å². The molecule has 0 saturated carbocycles. The molecule has 0 bridgehead atoms. The fourth-order valence-corrected chi connectivity index (χ4v) is 1.25. The molecular weight excluding hydrogens is 216 g/mol. The van der Waals surface area contributed by atoms with Crippen molar-refractivity contribution in [2.75, 3.05) is 17.7 Å². The standard InChI is InChI=1S/C11H16N2O2.C2H6/c1-7-4-9(12-3)6-10(5-7)13-11(15)8(2)14;1-2/h4-6,8,12,14H,1-3H3,(H,13,15);1-2H3. The molecule has 1 aromatic carbocycles. The lowest BCUT2D eigenvalue weighted by molar-refractivity contribution is -0.123. The zero-order chi connectivity index (χ0) is 13.4. The summed E-state index contributed by atoms with van der Waals surface area (Å²) in [5.41, 5.74) is 2.66. The Balaban J connectivity index is 0.00000121. The zero-order valence-corrected chi connectivity index (χ0v) is 11.2. The van der Waals surface area contributed by atoms with E-state index in [1.54, 1.807) is 0 Å². The van der Waals surface area contributed by atoms with E-state index in [2.05, 4.69) is 10.6 Å². The van der Waals surface area contributed by atoms with Gasteiger partial charge in [0.25, 0.3) is 5.91 Å². The summed E-state index contributed by atoms with van der Waals surface area (Å²) in [4.78, 5) is 11.2. The number of amides is 1. The van der Waals surface area contributed by atoms with Gasteiger partial charge in [-0.1, -0.05) is 13.8 Å². The van der Waals surface area contributed by atoms with Gasteiger partial charge in [-0.3, -0.25) is 4.79 Å². The number of carbonyl (C=O) groups excluding carboxylic acids is 1. The third-order valence-electron chi connectivity index (χ3n) is 2.01. The van der Waals surface area contributed by atoms with Crippen molar-refractivity contribution >= 4 is 17.3 Å². The summed E-state index contributed by atoms with van der Waals surface area (Å²) in [6, 6.07) is 5.63. The van der Waals surface area contributed by atoms with Crippen molar-refractivity contribution in [2.45, 2.75) is 33.8 Å². The van der Waals surface area contributed by atoms with Crippen LogP contribution in [-0.2, 0) is 4.79 Å². The molecular formula is C13H22N2O2. The minimum atomic E-state index is -0.997. The summed E-state index contributed by atoms with van der Waals surface area (Å²) in [5, 5.41) is 14.7. The third-order valence-corrected chi connectivity index (χ3v) is 2.01. The van der Waals surface area contributed by atoms with Gasteiger partial charge in [0, 0.05) is 18.4 Å². The molecule has 0 radical (unpaired) electrons. The Kier molecular flexibility index (Phi) is 6.98. The first kappa shape index (κ1) is 15.4. The normalized spacial score (nSPS) is 10.9. The van der Waals surface area contributed by atoms with Gasteiger partial charge < -0.3 is 15.7 Å². The molecule has 0 aliphatic heterocycles. The SMILES string of the molecule is CC.CNc1cc(C)cc(NC(=O)C(C)O)c1. The molecule has 0 heterocycles. The molecule has 0 spiro atoms. The molecule has 0 fully saturated rings. The monoisotopic (exact) mass is 238 g/mol. The smallest absolute Gasteiger partial charge is 0.252 e. The van der Waals surface area contributed by atoms with Gasteiger partial charge in [0.1, 0.15) is 6.10 Å². The highest BCUT2D eigenvalue weighted by atomic mass is 16.3. The first-order valence-corrected chi connectivity index (χ1v) is 5.81. The predicted molar refractivity (Wildman–Crippen MR) is 72.4 cm³/mol. The summed E-state index contributed by atoms with van der Waals surface area (Å²) in [7, 11) is 1.81. The molecule has 17 heavy (non-hydrogen) atoms. The number of aliphatic hydroxyl groups excluding tert-OH is 1. The van der Waals surface area contributed by atoms with Gasteiger partial charge in [-0.05, 0) is 37.6 Å². The topological polar surface area (TPSA) is 61.4 Å². The van der Waals surface area contributed by atoms with Crippen LogP contribution in [0.4, 0.5) is 11.4 Å². The molecule has 1 unspecified atom stereocenters. The lowest BCUT2D eigenvalue weighted by Gasteiger charge is -2.10. The van der Waals surface area contributed by atoms with E-state index in [4.69, 9.17) is 5.11 Å². The molecule has 4 nitrogen and oxygen atoms in total. The number of benzene rings is 1. The van der Waals surface area contributed by atoms with Crippen molar-refractivity contribution in [3.05, 3.63) is 23.8 Å². The Morgan fingerprint density at radius 1 is 1.24 bits per heavy atom. The molecule has 96 valence electrons. The van der Waals surface area contributed by atoms with Crippen LogP contribution in [0.2, 0.25) is 0 Å². The highest BCUT2D eigenvalue weighted by Gasteiger charge is 2.09. The Hall–Kier alpha value is -1.55. The molecule has 4 heteroatoms. The number of aryl methyl sites for hydroxylation is 1. The fraction of sp³-hybridized carbons (Fsp3) is 0.462. The van der Waals surface area contributed by atoms with E-state index in [0.717, 1.165) is 11.3 Å². The second-order valence-corrected chi connectivity index (χ2v) is 3.50. The van der Waals surface area contributed by atoms with E-state index in [1.165, 1.54) is 6.92 Å². The van der Waals surface area contributed by atoms with Gasteiger partial charge in [0.2, 0.25) is 0 Å². The molecule has 1 amide bonds. The van der Waals surface area contributed by atoms with Crippen LogP contribution in [-0.4, -0.2) is 24.2 Å². The maximum Gasteiger partial charge on any atom is 0.252 e. The van der Waals surface area contributed by atoms with E-state index < -0.39 is 12.0 Å². The molecule has 0 aromatic heterocycles. The van der Waals surface area contributed by atoms with Crippen LogP contribution >= 0.6 is 0 Å². The molecule has 0 saturated heterocycles. The summed E-state index contributed by atoms with van der Waals surface area (Å²) in [6.45, 7) is 7.38. The molecule has 0 aliphatic rings. The van der Waals surface area contributed by atoms with Gasteiger partial charge in [-0.15, -0.1) is 0 Å². The van der Waals surface area contributed by atoms with Gasteiger partial charge >= 0.3 is 0 Å². The average Bonchev–Trinajstić information content (AvgIpc) is 2.30. The average molecular weight is 238 g/mol. The molecule has 1 rings (SSSR count). The number of aliphatic hydroxyl groups is 1. The third kappa shape index (κ3) is 5.36. The van der Waals surface area contributed by atoms with Gasteiger partial charge in [-0.2, -0.15) is 0 Å². The Labute approximate surface area is 103 Å². The lowest BCUT2D eigenvalue weighted by Crippen LogP contribution is -2.24. The van der Waals surface area contributed by atoms with Gasteiger partial charge in [0.05, 0.1) is 0 Å². The Bertz CT molecular complexity index is 362. The summed E-state index contributed by atoms with van der Waals surface area (Å²) in [5.74, 6) is -0.400. The van der Waals surface area contributed by atoms with E-state index in [-0.39, 0.29) is 0 Å². The van der Waals surface area contributed by atoms with E-state index in [1.807, 2.05) is 46.0 Å². The highest BCUT2D eigenvalue weighted by molar-refractivity contribution is 5.94. The molecule has 3 N–H and O–H groups in total. The Morgan fingerprint density at radius 3 is 2.24 bits per heavy atom. The minimum Gasteiger partial charge on any atom is -0.388 e. The first-order chi connectivity index (χ1) is 8.02. The summed E-state index contributed by atoms with van der Waals surface area (Å²) >= 11 is 0. The zero-order valence-electron chi connectivity index (χ0n) is 11.2. The number of hydrogen-bond acceptors (Lipinski definition) is 3. The van der Waals surface area contributed by atoms with Crippen molar-refractivity contribution in [2.24, 2.45) is 0 Å². The number of carbonyl (C=O) groups is 1. The molecule has 1 aromatic rings. The van der Waals surface area contributed by atoms with Crippen LogP contribution in [0.3, 0.4) is 0 Å². The molecule has 0 aliphatic carbocycles. The van der Waals surface area contributed by atoms with Crippen LogP contribution in [0.15, 0.2) is 18.2 Å².